The van der Waals surface area contributed by atoms with Gasteiger partial charge in [0.05, 0.1) is 12.7 Å². The second kappa shape index (κ2) is 6.58. The van der Waals surface area contributed by atoms with E-state index >= 15 is 0 Å². The van der Waals surface area contributed by atoms with Crippen molar-refractivity contribution in [1.82, 2.24) is 10.2 Å². The van der Waals surface area contributed by atoms with Crippen LogP contribution < -0.4 is 5.32 Å². The number of hydrogen-bond donors (Lipinski definition) is 2. The first-order chi connectivity index (χ1) is 8.43. The van der Waals surface area contributed by atoms with Gasteiger partial charge in [0.2, 0.25) is 0 Å². The Balaban J connectivity index is 2.39. The fourth-order valence-corrected chi connectivity index (χ4v) is 2.11. The lowest BCUT2D eigenvalue weighted by molar-refractivity contribution is -0.142. The van der Waals surface area contributed by atoms with Gasteiger partial charge < -0.3 is 20.1 Å². The molecule has 1 rings (SSSR count). The number of aliphatic carboxylic acids is 1. The van der Waals surface area contributed by atoms with Crippen molar-refractivity contribution in [3.63, 3.8) is 0 Å². The van der Waals surface area contributed by atoms with Gasteiger partial charge in [-0.05, 0) is 26.2 Å². The molecule has 0 saturated carbocycles. The standard InChI is InChI=1S/C12H22N2O4/c1-8(2)18-7-5-13-12(17)14-6-4-9(3)10(14)11(15)16/h8-10H,4-7H2,1-3H3,(H,13,17)(H,15,16). The van der Waals surface area contributed by atoms with Gasteiger partial charge >= 0.3 is 12.0 Å². The first kappa shape index (κ1) is 14.8. The van der Waals surface area contributed by atoms with Gasteiger partial charge in [-0.15, -0.1) is 0 Å². The fourth-order valence-electron chi connectivity index (χ4n) is 2.11. The zero-order valence-corrected chi connectivity index (χ0v) is 11.2. The lowest BCUT2D eigenvalue weighted by Crippen LogP contribution is -2.48. The summed E-state index contributed by atoms with van der Waals surface area (Å²) >= 11 is 0. The molecule has 1 aliphatic heterocycles. The third kappa shape index (κ3) is 3.87. The van der Waals surface area contributed by atoms with E-state index in [1.807, 2.05) is 20.8 Å². The van der Waals surface area contributed by atoms with Crippen molar-refractivity contribution >= 4 is 12.0 Å². The summed E-state index contributed by atoms with van der Waals surface area (Å²) in [5, 5.41) is 11.8. The van der Waals surface area contributed by atoms with Crippen LogP contribution in [-0.2, 0) is 9.53 Å². The highest BCUT2D eigenvalue weighted by Crippen LogP contribution is 2.23. The van der Waals surface area contributed by atoms with E-state index in [2.05, 4.69) is 5.32 Å². The van der Waals surface area contributed by atoms with Crippen LogP contribution in [0.2, 0.25) is 0 Å². The Morgan fingerprint density at radius 3 is 2.72 bits per heavy atom. The Morgan fingerprint density at radius 2 is 2.17 bits per heavy atom. The summed E-state index contributed by atoms with van der Waals surface area (Å²) in [5.41, 5.74) is 0. The average Bonchev–Trinajstić information content (AvgIpc) is 2.66. The van der Waals surface area contributed by atoms with Crippen molar-refractivity contribution in [2.45, 2.75) is 39.3 Å². The summed E-state index contributed by atoms with van der Waals surface area (Å²) in [7, 11) is 0. The van der Waals surface area contributed by atoms with Gasteiger partial charge in [0, 0.05) is 13.1 Å². The van der Waals surface area contributed by atoms with Crippen LogP contribution in [0.3, 0.4) is 0 Å². The van der Waals surface area contributed by atoms with Crippen molar-refractivity contribution in [1.29, 1.82) is 0 Å². The molecular weight excluding hydrogens is 236 g/mol. The summed E-state index contributed by atoms with van der Waals surface area (Å²) in [4.78, 5) is 24.3. The molecule has 0 spiro atoms. The predicted molar refractivity (Wildman–Crippen MR) is 66.4 cm³/mol. The molecule has 0 bridgehead atoms. The first-order valence-electron chi connectivity index (χ1n) is 6.32. The SMILES string of the molecule is CC(C)OCCNC(=O)N1CCC(C)C1C(=O)O. The number of rotatable bonds is 5. The topological polar surface area (TPSA) is 78.9 Å². The van der Waals surface area contributed by atoms with Crippen LogP contribution in [0.15, 0.2) is 0 Å². The number of nitrogens with zero attached hydrogens (tertiary/aromatic N) is 1. The van der Waals surface area contributed by atoms with E-state index in [1.54, 1.807) is 0 Å². The number of hydrogen-bond acceptors (Lipinski definition) is 3. The number of nitrogens with one attached hydrogen (secondary N) is 1. The van der Waals surface area contributed by atoms with Crippen molar-refractivity contribution in [2.75, 3.05) is 19.7 Å². The molecule has 18 heavy (non-hydrogen) atoms. The van der Waals surface area contributed by atoms with Crippen molar-refractivity contribution in [2.24, 2.45) is 5.92 Å². The van der Waals surface area contributed by atoms with Gasteiger partial charge in [-0.1, -0.05) is 6.92 Å². The normalized spacial score (nSPS) is 23.4. The Hall–Kier alpha value is -1.30. The monoisotopic (exact) mass is 258 g/mol. The molecule has 2 amide bonds. The Bertz CT molecular complexity index is 306. The third-order valence-electron chi connectivity index (χ3n) is 3.04. The molecule has 2 N–H and O–H groups in total. The van der Waals surface area contributed by atoms with Crippen molar-refractivity contribution in [3.8, 4) is 0 Å². The van der Waals surface area contributed by atoms with E-state index in [-0.39, 0.29) is 18.1 Å². The molecular formula is C12H22N2O4. The zero-order valence-electron chi connectivity index (χ0n) is 11.2. The van der Waals surface area contributed by atoms with Crippen LogP contribution in [-0.4, -0.2) is 53.8 Å². The Morgan fingerprint density at radius 1 is 1.50 bits per heavy atom. The van der Waals surface area contributed by atoms with Crippen LogP contribution in [0.5, 0.6) is 0 Å². The quantitative estimate of drug-likeness (QED) is 0.719. The minimum absolute atomic E-state index is 0.000152. The number of carboxylic acid groups (broad SMARTS) is 1. The number of carbonyl (C=O) groups excluding carboxylic acids is 1. The van der Waals surface area contributed by atoms with Gasteiger partial charge in [-0.2, -0.15) is 0 Å². The molecule has 1 fully saturated rings. The number of carbonyl (C=O) groups is 2. The fraction of sp³-hybridized carbons (Fsp3) is 0.833. The van der Waals surface area contributed by atoms with E-state index < -0.39 is 12.0 Å². The molecule has 6 heteroatoms. The third-order valence-corrected chi connectivity index (χ3v) is 3.04. The lowest BCUT2D eigenvalue weighted by atomic mass is 10.0. The van der Waals surface area contributed by atoms with Crippen LogP contribution in [0, 0.1) is 5.92 Å². The number of amides is 2. The second-order valence-electron chi connectivity index (χ2n) is 4.89. The molecule has 0 radical (unpaired) electrons. The van der Waals surface area contributed by atoms with E-state index in [0.29, 0.717) is 19.7 Å². The highest BCUT2D eigenvalue weighted by atomic mass is 16.5. The van der Waals surface area contributed by atoms with Gasteiger partial charge in [0.25, 0.3) is 0 Å². The minimum Gasteiger partial charge on any atom is -0.480 e. The zero-order chi connectivity index (χ0) is 13.7. The maximum atomic E-state index is 11.8. The molecule has 2 unspecified atom stereocenters. The summed E-state index contributed by atoms with van der Waals surface area (Å²) < 4.78 is 5.30. The van der Waals surface area contributed by atoms with Crippen LogP contribution in [0.4, 0.5) is 4.79 Å². The molecule has 0 aromatic heterocycles. The summed E-state index contributed by atoms with van der Waals surface area (Å²) in [6.07, 6.45) is 0.854. The molecule has 104 valence electrons. The molecule has 2 atom stereocenters. The number of urea groups is 1. The van der Waals surface area contributed by atoms with Crippen LogP contribution in [0.25, 0.3) is 0 Å². The maximum absolute atomic E-state index is 11.8. The van der Waals surface area contributed by atoms with Crippen LogP contribution >= 0.6 is 0 Å². The summed E-state index contributed by atoms with van der Waals surface area (Å²) in [5.74, 6) is -0.936. The molecule has 6 nitrogen and oxygen atoms in total. The van der Waals surface area contributed by atoms with Gasteiger partial charge in [-0.3, -0.25) is 0 Å². The average molecular weight is 258 g/mol. The molecule has 0 aromatic rings. The van der Waals surface area contributed by atoms with E-state index in [1.165, 1.54) is 4.90 Å². The summed E-state index contributed by atoms with van der Waals surface area (Å²) in [6, 6.07) is -1.03. The molecule has 0 aromatic carbocycles. The van der Waals surface area contributed by atoms with E-state index in [0.717, 1.165) is 6.42 Å². The largest absolute Gasteiger partial charge is 0.480 e. The second-order valence-corrected chi connectivity index (χ2v) is 4.89. The summed E-state index contributed by atoms with van der Waals surface area (Å²) in [6.45, 7) is 7.02. The smallest absolute Gasteiger partial charge is 0.326 e. The van der Waals surface area contributed by atoms with Gasteiger partial charge in [-0.25, -0.2) is 9.59 Å². The first-order valence-corrected chi connectivity index (χ1v) is 6.32. The number of carboxylic acids is 1. The van der Waals surface area contributed by atoms with Crippen LogP contribution in [0.1, 0.15) is 27.2 Å². The molecule has 1 heterocycles. The number of likely N-dealkylation sites (tertiary alicyclic amines) is 1. The van der Waals surface area contributed by atoms with E-state index in [9.17, 15) is 9.59 Å². The Labute approximate surface area is 107 Å². The lowest BCUT2D eigenvalue weighted by Gasteiger charge is -2.23. The van der Waals surface area contributed by atoms with Gasteiger partial charge in [0.15, 0.2) is 0 Å². The maximum Gasteiger partial charge on any atom is 0.326 e. The number of ether oxygens (including phenoxy) is 1. The highest BCUT2D eigenvalue weighted by Gasteiger charge is 2.39. The highest BCUT2D eigenvalue weighted by molar-refractivity contribution is 5.83. The molecule has 0 aliphatic carbocycles. The van der Waals surface area contributed by atoms with Crippen molar-refractivity contribution in [3.05, 3.63) is 0 Å². The van der Waals surface area contributed by atoms with Gasteiger partial charge in [0.1, 0.15) is 6.04 Å². The van der Waals surface area contributed by atoms with E-state index in [4.69, 9.17) is 9.84 Å². The molecule has 1 aliphatic rings. The predicted octanol–water partition coefficient (Wildman–Crippen LogP) is 0.916. The molecule has 1 saturated heterocycles. The minimum atomic E-state index is -0.936. The Kier molecular flexibility index (Phi) is 5.40. The van der Waals surface area contributed by atoms with Crippen molar-refractivity contribution < 1.29 is 19.4 Å².